The minimum Gasteiger partial charge on any atom is -0.481 e. The minimum absolute atomic E-state index is 0. The number of nitrogens with one attached hydrogen (secondary N) is 1. The van der Waals surface area contributed by atoms with E-state index in [1.54, 1.807) is 11.8 Å². The number of rotatable bonds is 3. The van der Waals surface area contributed by atoms with Gasteiger partial charge in [0.15, 0.2) is 5.82 Å². The Bertz CT molecular complexity index is 641. The number of hydrogen-bond donors (Lipinski definition) is 1. The SMILES string of the molecule is COc1c(-c2nc(C3CNCCN3C)no2)c(C)nn1C.Cl. The van der Waals surface area contributed by atoms with E-state index in [-0.39, 0.29) is 18.4 Å². The number of likely N-dealkylation sites (N-methyl/N-ethyl adjacent to an activating group) is 1. The van der Waals surface area contributed by atoms with Gasteiger partial charge in [-0.3, -0.25) is 4.90 Å². The van der Waals surface area contributed by atoms with Gasteiger partial charge in [0, 0.05) is 26.7 Å². The Kier molecular flexibility index (Phi) is 5.05. The third-order valence-corrected chi connectivity index (χ3v) is 3.83. The van der Waals surface area contributed by atoms with Gasteiger partial charge in [0.05, 0.1) is 18.8 Å². The van der Waals surface area contributed by atoms with Gasteiger partial charge in [-0.1, -0.05) is 5.16 Å². The molecule has 122 valence electrons. The summed E-state index contributed by atoms with van der Waals surface area (Å²) < 4.78 is 12.5. The molecular weight excluding hydrogens is 308 g/mol. The Labute approximate surface area is 135 Å². The molecule has 0 amide bonds. The van der Waals surface area contributed by atoms with Crippen molar-refractivity contribution < 1.29 is 9.26 Å². The highest BCUT2D eigenvalue weighted by Gasteiger charge is 2.28. The third kappa shape index (κ3) is 2.81. The van der Waals surface area contributed by atoms with Gasteiger partial charge in [0.2, 0.25) is 5.88 Å². The van der Waals surface area contributed by atoms with Crippen LogP contribution in [0.1, 0.15) is 17.6 Å². The van der Waals surface area contributed by atoms with Gasteiger partial charge in [0.1, 0.15) is 5.56 Å². The van der Waals surface area contributed by atoms with Gasteiger partial charge >= 0.3 is 0 Å². The van der Waals surface area contributed by atoms with Gasteiger partial charge in [-0.05, 0) is 14.0 Å². The standard InChI is InChI=1S/C13H20N6O2.ClH/c1-8-10(13(20-4)19(3)16-8)12-15-11(17-21-12)9-7-14-5-6-18(9)2;/h9,14H,5-7H2,1-4H3;1H. The highest BCUT2D eigenvalue weighted by Crippen LogP contribution is 2.32. The first-order chi connectivity index (χ1) is 10.1. The lowest BCUT2D eigenvalue weighted by molar-refractivity contribution is 0.190. The van der Waals surface area contributed by atoms with Gasteiger partial charge in [-0.2, -0.15) is 10.1 Å². The predicted octanol–water partition coefficient (Wildman–Crippen LogP) is 0.785. The molecule has 1 atom stereocenters. The van der Waals surface area contributed by atoms with Gasteiger partial charge < -0.3 is 14.6 Å². The molecule has 1 N–H and O–H groups in total. The molecular formula is C13H21ClN6O2. The Balaban J connectivity index is 0.00000176. The predicted molar refractivity (Wildman–Crippen MR) is 83.3 cm³/mol. The van der Waals surface area contributed by atoms with Crippen molar-refractivity contribution in [3.8, 4) is 17.3 Å². The summed E-state index contributed by atoms with van der Waals surface area (Å²) in [5.74, 6) is 1.76. The number of piperazine rings is 1. The van der Waals surface area contributed by atoms with Crippen molar-refractivity contribution in [3.63, 3.8) is 0 Å². The summed E-state index contributed by atoms with van der Waals surface area (Å²) in [4.78, 5) is 6.77. The number of aryl methyl sites for hydroxylation is 2. The molecule has 3 heterocycles. The third-order valence-electron chi connectivity index (χ3n) is 3.83. The van der Waals surface area contributed by atoms with Crippen molar-refractivity contribution in [3.05, 3.63) is 11.5 Å². The van der Waals surface area contributed by atoms with Crippen LogP contribution < -0.4 is 10.1 Å². The first-order valence-electron chi connectivity index (χ1n) is 6.94. The summed E-state index contributed by atoms with van der Waals surface area (Å²) >= 11 is 0. The molecule has 0 aliphatic carbocycles. The summed E-state index contributed by atoms with van der Waals surface area (Å²) in [6, 6.07) is 0.124. The number of aromatic nitrogens is 4. The molecule has 1 saturated heterocycles. The lowest BCUT2D eigenvalue weighted by atomic mass is 10.2. The number of hydrogen-bond acceptors (Lipinski definition) is 7. The largest absolute Gasteiger partial charge is 0.481 e. The molecule has 1 fully saturated rings. The lowest BCUT2D eigenvalue weighted by Gasteiger charge is -2.30. The second-order valence-corrected chi connectivity index (χ2v) is 5.25. The highest BCUT2D eigenvalue weighted by molar-refractivity contribution is 5.85. The smallest absolute Gasteiger partial charge is 0.265 e. The van der Waals surface area contributed by atoms with Crippen LogP contribution in [-0.2, 0) is 7.05 Å². The molecule has 0 aromatic carbocycles. The average molecular weight is 329 g/mol. The van der Waals surface area contributed by atoms with Crippen LogP contribution in [0.5, 0.6) is 5.88 Å². The monoisotopic (exact) mass is 328 g/mol. The molecule has 9 heteroatoms. The van der Waals surface area contributed by atoms with Crippen LogP contribution in [0.3, 0.4) is 0 Å². The van der Waals surface area contributed by atoms with E-state index >= 15 is 0 Å². The van der Waals surface area contributed by atoms with E-state index in [4.69, 9.17) is 9.26 Å². The molecule has 3 rings (SSSR count). The molecule has 2 aromatic heterocycles. The molecule has 0 radical (unpaired) electrons. The van der Waals surface area contributed by atoms with Gasteiger partial charge in [-0.25, -0.2) is 4.68 Å². The minimum atomic E-state index is 0. The lowest BCUT2D eigenvalue weighted by Crippen LogP contribution is -2.44. The molecule has 1 aliphatic rings. The Hall–Kier alpha value is -1.64. The quantitative estimate of drug-likeness (QED) is 0.891. The van der Waals surface area contributed by atoms with Crippen LogP contribution in [-0.4, -0.2) is 58.6 Å². The van der Waals surface area contributed by atoms with E-state index in [9.17, 15) is 0 Å². The Morgan fingerprint density at radius 1 is 1.36 bits per heavy atom. The van der Waals surface area contributed by atoms with Crippen molar-refractivity contribution in [2.24, 2.45) is 7.05 Å². The van der Waals surface area contributed by atoms with Crippen molar-refractivity contribution in [2.75, 3.05) is 33.8 Å². The second kappa shape index (κ2) is 6.64. The average Bonchev–Trinajstić information content (AvgIpc) is 3.03. The zero-order chi connectivity index (χ0) is 15.0. The maximum absolute atomic E-state index is 5.44. The van der Waals surface area contributed by atoms with E-state index in [1.807, 2.05) is 14.0 Å². The van der Waals surface area contributed by atoms with E-state index in [1.165, 1.54) is 0 Å². The number of halogens is 1. The first kappa shape index (κ1) is 16.7. The summed E-state index contributed by atoms with van der Waals surface area (Å²) in [5, 5.41) is 11.8. The summed E-state index contributed by atoms with van der Waals surface area (Å²) in [6.45, 7) is 4.66. The molecule has 2 aromatic rings. The van der Waals surface area contributed by atoms with E-state index in [2.05, 4.69) is 32.5 Å². The molecule has 1 aliphatic heterocycles. The Morgan fingerprint density at radius 2 is 2.14 bits per heavy atom. The molecule has 8 nitrogen and oxygen atoms in total. The topological polar surface area (TPSA) is 81.2 Å². The first-order valence-corrected chi connectivity index (χ1v) is 6.94. The van der Waals surface area contributed by atoms with Crippen LogP contribution in [0.2, 0.25) is 0 Å². The Morgan fingerprint density at radius 3 is 2.82 bits per heavy atom. The highest BCUT2D eigenvalue weighted by atomic mass is 35.5. The van der Waals surface area contributed by atoms with Gasteiger partial charge in [0.25, 0.3) is 5.89 Å². The van der Waals surface area contributed by atoms with Crippen LogP contribution in [0.25, 0.3) is 11.5 Å². The zero-order valence-electron chi connectivity index (χ0n) is 13.2. The fraction of sp³-hybridized carbons (Fsp3) is 0.615. The van der Waals surface area contributed by atoms with Gasteiger partial charge in [-0.15, -0.1) is 12.4 Å². The van der Waals surface area contributed by atoms with Crippen LogP contribution >= 0.6 is 12.4 Å². The van der Waals surface area contributed by atoms with Crippen LogP contribution in [0.15, 0.2) is 4.52 Å². The zero-order valence-corrected chi connectivity index (χ0v) is 14.0. The number of nitrogens with zero attached hydrogens (tertiary/aromatic N) is 5. The summed E-state index contributed by atoms with van der Waals surface area (Å²) in [5.41, 5.74) is 1.56. The number of methoxy groups -OCH3 is 1. The van der Waals surface area contributed by atoms with E-state index < -0.39 is 0 Å². The van der Waals surface area contributed by atoms with Crippen molar-refractivity contribution in [1.29, 1.82) is 0 Å². The van der Waals surface area contributed by atoms with E-state index in [0.29, 0.717) is 17.6 Å². The molecule has 22 heavy (non-hydrogen) atoms. The molecule has 0 bridgehead atoms. The van der Waals surface area contributed by atoms with Crippen LogP contribution in [0, 0.1) is 6.92 Å². The second-order valence-electron chi connectivity index (χ2n) is 5.25. The van der Waals surface area contributed by atoms with Crippen molar-refractivity contribution in [2.45, 2.75) is 13.0 Å². The van der Waals surface area contributed by atoms with Crippen molar-refractivity contribution >= 4 is 12.4 Å². The van der Waals surface area contributed by atoms with Crippen LogP contribution in [0.4, 0.5) is 0 Å². The normalized spacial score (nSPS) is 19.0. The maximum Gasteiger partial charge on any atom is 0.265 e. The maximum atomic E-state index is 5.44. The molecule has 0 saturated carbocycles. The fourth-order valence-corrected chi connectivity index (χ4v) is 2.68. The molecule has 1 unspecified atom stereocenters. The summed E-state index contributed by atoms with van der Waals surface area (Å²) in [7, 11) is 5.50. The number of ether oxygens (including phenoxy) is 1. The fourth-order valence-electron chi connectivity index (χ4n) is 2.68. The molecule has 0 spiro atoms. The van der Waals surface area contributed by atoms with Crippen molar-refractivity contribution in [1.82, 2.24) is 30.1 Å². The summed E-state index contributed by atoms with van der Waals surface area (Å²) in [6.07, 6.45) is 0. The van der Waals surface area contributed by atoms with E-state index in [0.717, 1.165) is 30.9 Å².